The number of nitrogens with one attached hydrogen (secondary N) is 1. The first-order valence-corrected chi connectivity index (χ1v) is 9.22. The van der Waals surface area contributed by atoms with Crippen molar-refractivity contribution in [2.24, 2.45) is 12.0 Å². The van der Waals surface area contributed by atoms with E-state index < -0.39 is 0 Å². The van der Waals surface area contributed by atoms with Crippen LogP contribution in [-0.4, -0.2) is 50.7 Å². The molecule has 24 heavy (non-hydrogen) atoms. The van der Waals surface area contributed by atoms with Crippen LogP contribution in [0.4, 0.5) is 0 Å². The van der Waals surface area contributed by atoms with Crippen molar-refractivity contribution in [3.05, 3.63) is 28.2 Å². The van der Waals surface area contributed by atoms with E-state index in [0.29, 0.717) is 6.54 Å². The topological polar surface area (TPSA) is 71.2 Å². The van der Waals surface area contributed by atoms with Crippen LogP contribution in [0, 0.1) is 6.92 Å². The molecule has 0 fully saturated rings. The van der Waals surface area contributed by atoms with Gasteiger partial charge in [0, 0.05) is 45.2 Å². The van der Waals surface area contributed by atoms with Gasteiger partial charge in [0.15, 0.2) is 11.8 Å². The highest BCUT2D eigenvalue weighted by atomic mass is 32.1. The molecule has 2 aromatic rings. The predicted molar refractivity (Wildman–Crippen MR) is 98.2 cm³/mol. The molecule has 0 spiro atoms. The predicted octanol–water partition coefficient (Wildman–Crippen LogP) is 2.00. The van der Waals surface area contributed by atoms with Gasteiger partial charge in [-0.25, -0.2) is 9.98 Å². The number of aliphatic imine (C=N–C) groups is 1. The third-order valence-corrected chi connectivity index (χ3v) is 4.71. The van der Waals surface area contributed by atoms with Gasteiger partial charge in [-0.3, -0.25) is 0 Å². The van der Waals surface area contributed by atoms with E-state index in [2.05, 4.69) is 39.4 Å². The van der Waals surface area contributed by atoms with Crippen molar-refractivity contribution in [2.45, 2.75) is 39.7 Å². The average molecular weight is 350 g/mol. The van der Waals surface area contributed by atoms with Gasteiger partial charge < -0.3 is 14.8 Å². The summed E-state index contributed by atoms with van der Waals surface area (Å²) in [6.45, 7) is 6.46. The number of aromatic nitrogens is 4. The summed E-state index contributed by atoms with van der Waals surface area (Å²) in [5, 5.41) is 14.9. The molecule has 0 radical (unpaired) electrons. The summed E-state index contributed by atoms with van der Waals surface area (Å²) in [5.41, 5.74) is 0. The Balaban J connectivity index is 1.98. The standard InChI is InChI=1S/C16H27N7S/c1-5-6-8-18-16(19-12-14-21-20-13(2)23(14)4)22(3)10-7-15-17-9-11-24-15/h9,11H,5-8,10,12H2,1-4H3,(H,18,19). The smallest absolute Gasteiger partial charge is 0.194 e. The van der Waals surface area contributed by atoms with Gasteiger partial charge in [-0.2, -0.15) is 0 Å². The molecule has 0 aromatic carbocycles. The van der Waals surface area contributed by atoms with Crippen LogP contribution >= 0.6 is 11.3 Å². The molecular weight excluding hydrogens is 322 g/mol. The van der Waals surface area contributed by atoms with E-state index in [-0.39, 0.29) is 0 Å². The molecule has 1 N–H and O–H groups in total. The van der Waals surface area contributed by atoms with Gasteiger partial charge >= 0.3 is 0 Å². The zero-order valence-electron chi connectivity index (χ0n) is 15.0. The van der Waals surface area contributed by atoms with Crippen molar-refractivity contribution in [3.63, 3.8) is 0 Å². The molecule has 2 aromatic heterocycles. The van der Waals surface area contributed by atoms with Crippen molar-refractivity contribution in [3.8, 4) is 0 Å². The van der Waals surface area contributed by atoms with E-state index in [1.807, 2.05) is 30.1 Å². The van der Waals surface area contributed by atoms with Crippen LogP contribution in [0.5, 0.6) is 0 Å². The Hall–Kier alpha value is -1.96. The second kappa shape index (κ2) is 9.36. The summed E-state index contributed by atoms with van der Waals surface area (Å²) >= 11 is 1.69. The molecule has 2 rings (SSSR count). The highest BCUT2D eigenvalue weighted by Crippen LogP contribution is 2.06. The Morgan fingerprint density at radius 2 is 2.25 bits per heavy atom. The maximum atomic E-state index is 4.73. The number of nitrogens with zero attached hydrogens (tertiary/aromatic N) is 6. The maximum absolute atomic E-state index is 4.73. The third kappa shape index (κ3) is 5.30. The van der Waals surface area contributed by atoms with Crippen LogP contribution < -0.4 is 5.32 Å². The number of thiazole rings is 1. The Morgan fingerprint density at radius 3 is 2.88 bits per heavy atom. The molecule has 0 aliphatic rings. The van der Waals surface area contributed by atoms with Crippen molar-refractivity contribution >= 4 is 17.3 Å². The Morgan fingerprint density at radius 1 is 1.42 bits per heavy atom. The molecule has 2 heterocycles. The van der Waals surface area contributed by atoms with Gasteiger partial charge in [-0.15, -0.1) is 21.5 Å². The molecular formula is C16H27N7S. The SMILES string of the molecule is CCCCNC(=NCc1nnc(C)n1C)N(C)CCc1nccs1. The second-order valence-corrected chi connectivity index (χ2v) is 6.72. The fourth-order valence-electron chi connectivity index (χ4n) is 2.17. The number of guanidine groups is 1. The summed E-state index contributed by atoms with van der Waals surface area (Å²) < 4.78 is 1.97. The number of unbranched alkanes of at least 4 members (excludes halogenated alkanes) is 1. The lowest BCUT2D eigenvalue weighted by Crippen LogP contribution is -2.40. The van der Waals surface area contributed by atoms with E-state index >= 15 is 0 Å². The highest BCUT2D eigenvalue weighted by Gasteiger charge is 2.09. The summed E-state index contributed by atoms with van der Waals surface area (Å²) in [7, 11) is 4.03. The van der Waals surface area contributed by atoms with Crippen LogP contribution in [0.15, 0.2) is 16.6 Å². The number of hydrogen-bond donors (Lipinski definition) is 1. The molecule has 0 bridgehead atoms. The first kappa shape index (κ1) is 18.4. The van der Waals surface area contributed by atoms with Crippen LogP contribution in [0.1, 0.15) is 36.4 Å². The minimum atomic E-state index is 0.521. The molecule has 0 saturated heterocycles. The summed E-state index contributed by atoms with van der Waals surface area (Å²) in [5.74, 6) is 2.68. The third-order valence-electron chi connectivity index (χ3n) is 3.87. The summed E-state index contributed by atoms with van der Waals surface area (Å²) in [6.07, 6.45) is 5.06. The van der Waals surface area contributed by atoms with Crippen LogP contribution in [0.2, 0.25) is 0 Å². The van der Waals surface area contributed by atoms with Crippen LogP contribution in [0.3, 0.4) is 0 Å². The van der Waals surface area contributed by atoms with Crippen LogP contribution in [-0.2, 0) is 20.0 Å². The van der Waals surface area contributed by atoms with E-state index in [4.69, 9.17) is 4.99 Å². The van der Waals surface area contributed by atoms with Crippen molar-refractivity contribution in [1.29, 1.82) is 0 Å². The molecule has 0 saturated carbocycles. The van der Waals surface area contributed by atoms with Gasteiger partial charge in [-0.1, -0.05) is 13.3 Å². The van der Waals surface area contributed by atoms with Gasteiger partial charge in [-0.05, 0) is 13.3 Å². The minimum absolute atomic E-state index is 0.521. The Kier molecular flexibility index (Phi) is 7.17. The van der Waals surface area contributed by atoms with Gasteiger partial charge in [0.05, 0.1) is 5.01 Å². The number of aryl methyl sites for hydroxylation is 1. The lowest BCUT2D eigenvalue weighted by molar-refractivity contribution is 0.480. The Labute approximate surface area is 147 Å². The minimum Gasteiger partial charge on any atom is -0.356 e. The van der Waals surface area contributed by atoms with E-state index in [9.17, 15) is 0 Å². The molecule has 0 amide bonds. The van der Waals surface area contributed by atoms with E-state index in [1.54, 1.807) is 11.3 Å². The first-order valence-electron chi connectivity index (χ1n) is 8.34. The van der Waals surface area contributed by atoms with E-state index in [1.165, 1.54) is 0 Å². The number of likely N-dealkylation sites (N-methyl/N-ethyl adjacent to an activating group) is 1. The fourth-order valence-corrected chi connectivity index (χ4v) is 2.78. The fraction of sp³-hybridized carbons (Fsp3) is 0.625. The quantitative estimate of drug-likeness (QED) is 0.448. The second-order valence-electron chi connectivity index (χ2n) is 5.74. The lowest BCUT2D eigenvalue weighted by Gasteiger charge is -2.22. The molecule has 8 heteroatoms. The molecule has 0 aliphatic carbocycles. The normalized spacial score (nSPS) is 11.8. The number of hydrogen-bond acceptors (Lipinski definition) is 5. The zero-order chi connectivity index (χ0) is 17.4. The van der Waals surface area contributed by atoms with Gasteiger partial charge in [0.1, 0.15) is 12.4 Å². The van der Waals surface area contributed by atoms with Crippen molar-refractivity contribution < 1.29 is 0 Å². The average Bonchev–Trinajstić information content (AvgIpc) is 3.20. The van der Waals surface area contributed by atoms with E-state index in [0.717, 1.165) is 55.0 Å². The monoisotopic (exact) mass is 349 g/mol. The molecule has 0 atom stereocenters. The van der Waals surface area contributed by atoms with Gasteiger partial charge in [0.25, 0.3) is 0 Å². The zero-order valence-corrected chi connectivity index (χ0v) is 15.8. The first-order chi connectivity index (χ1) is 11.6. The molecule has 132 valence electrons. The number of rotatable bonds is 8. The van der Waals surface area contributed by atoms with Gasteiger partial charge in [0.2, 0.25) is 0 Å². The summed E-state index contributed by atoms with van der Waals surface area (Å²) in [4.78, 5) is 11.2. The van der Waals surface area contributed by atoms with Crippen molar-refractivity contribution in [2.75, 3.05) is 20.1 Å². The lowest BCUT2D eigenvalue weighted by atomic mass is 10.3. The molecule has 0 aliphatic heterocycles. The molecule has 7 nitrogen and oxygen atoms in total. The van der Waals surface area contributed by atoms with Crippen LogP contribution in [0.25, 0.3) is 0 Å². The molecule has 0 unspecified atom stereocenters. The highest BCUT2D eigenvalue weighted by molar-refractivity contribution is 7.09. The summed E-state index contributed by atoms with van der Waals surface area (Å²) in [6, 6.07) is 0. The Bertz CT molecular complexity index is 633. The largest absolute Gasteiger partial charge is 0.356 e. The van der Waals surface area contributed by atoms with Crippen molar-refractivity contribution in [1.82, 2.24) is 30.0 Å². The maximum Gasteiger partial charge on any atom is 0.194 e.